The molecule has 0 radical (unpaired) electrons. The van der Waals surface area contributed by atoms with E-state index < -0.39 is 5.97 Å². The summed E-state index contributed by atoms with van der Waals surface area (Å²) in [6, 6.07) is 17.7. The summed E-state index contributed by atoms with van der Waals surface area (Å²) < 4.78 is 5.81. The van der Waals surface area contributed by atoms with Crippen LogP contribution in [0.1, 0.15) is 26.3 Å². The fourth-order valence-electron chi connectivity index (χ4n) is 2.79. The molecule has 0 atom stereocenters. The Morgan fingerprint density at radius 1 is 0.958 bits per heavy atom. The van der Waals surface area contributed by atoms with E-state index in [9.17, 15) is 9.59 Å². The van der Waals surface area contributed by atoms with Gasteiger partial charge in [0.1, 0.15) is 5.75 Å². The van der Waals surface area contributed by atoms with Gasteiger partial charge in [-0.1, -0.05) is 42.5 Å². The van der Waals surface area contributed by atoms with Crippen molar-refractivity contribution in [2.45, 2.75) is 0 Å². The van der Waals surface area contributed by atoms with Crippen LogP contribution in [0.2, 0.25) is 0 Å². The van der Waals surface area contributed by atoms with Crippen LogP contribution in [-0.4, -0.2) is 16.9 Å². The molecule has 4 rings (SSSR count). The van der Waals surface area contributed by atoms with Gasteiger partial charge in [-0.2, -0.15) is 0 Å². The van der Waals surface area contributed by atoms with Gasteiger partial charge in [-0.05, 0) is 35.2 Å². The van der Waals surface area contributed by atoms with E-state index in [1.165, 1.54) is 12.1 Å². The number of fused-ring (bicyclic) bond motifs is 3. The summed E-state index contributed by atoms with van der Waals surface area (Å²) in [7, 11) is 0. The van der Waals surface area contributed by atoms with Crippen molar-refractivity contribution >= 4 is 28.6 Å². The van der Waals surface area contributed by atoms with E-state index in [2.05, 4.69) is 0 Å². The fourth-order valence-corrected chi connectivity index (χ4v) is 2.79. The van der Waals surface area contributed by atoms with Gasteiger partial charge < -0.3 is 9.84 Å². The number of carboxylic acid groups (broad SMARTS) is 1. The van der Waals surface area contributed by atoms with Crippen LogP contribution in [-0.2, 0) is 0 Å². The van der Waals surface area contributed by atoms with Crippen molar-refractivity contribution in [1.29, 1.82) is 0 Å². The minimum Gasteiger partial charge on any atom is -0.478 e. The van der Waals surface area contributed by atoms with Crippen molar-refractivity contribution in [3.05, 3.63) is 83.1 Å². The summed E-state index contributed by atoms with van der Waals surface area (Å²) >= 11 is 0. The van der Waals surface area contributed by atoms with E-state index in [1.807, 2.05) is 30.3 Å². The summed E-state index contributed by atoms with van der Waals surface area (Å²) in [6.45, 7) is 0. The number of carboxylic acids is 1. The highest BCUT2D eigenvalue weighted by Gasteiger charge is 2.28. The molecule has 0 bridgehead atoms. The molecule has 24 heavy (non-hydrogen) atoms. The van der Waals surface area contributed by atoms with Crippen molar-refractivity contribution < 1.29 is 19.4 Å². The Balaban J connectivity index is 1.74. The van der Waals surface area contributed by atoms with Crippen molar-refractivity contribution in [2.24, 2.45) is 0 Å². The Morgan fingerprint density at radius 3 is 2.46 bits per heavy atom. The lowest BCUT2D eigenvalue weighted by Crippen LogP contribution is -1.98. The summed E-state index contributed by atoms with van der Waals surface area (Å²) in [5, 5.41) is 10.8. The minimum atomic E-state index is -0.985. The van der Waals surface area contributed by atoms with E-state index in [-0.39, 0.29) is 17.1 Å². The van der Waals surface area contributed by atoms with E-state index in [0.717, 1.165) is 10.8 Å². The van der Waals surface area contributed by atoms with Crippen LogP contribution in [0, 0.1) is 0 Å². The molecule has 4 nitrogen and oxygen atoms in total. The maximum Gasteiger partial charge on any atom is 0.335 e. The molecular formula is C20H12O4. The van der Waals surface area contributed by atoms with Gasteiger partial charge >= 0.3 is 5.97 Å². The number of rotatable bonds is 2. The molecule has 0 unspecified atom stereocenters. The van der Waals surface area contributed by atoms with Crippen LogP contribution in [0.15, 0.2) is 66.4 Å². The van der Waals surface area contributed by atoms with Crippen LogP contribution in [0.4, 0.5) is 0 Å². The first kappa shape index (κ1) is 14.2. The summed E-state index contributed by atoms with van der Waals surface area (Å²) in [5.74, 6) is -0.338. The Labute approximate surface area is 137 Å². The Morgan fingerprint density at radius 2 is 1.71 bits per heavy atom. The molecule has 0 saturated carbocycles. The number of ketones is 1. The van der Waals surface area contributed by atoms with Gasteiger partial charge in [0, 0.05) is 5.39 Å². The number of aromatic carboxylic acids is 1. The second kappa shape index (κ2) is 5.35. The third-order valence-electron chi connectivity index (χ3n) is 4.02. The lowest BCUT2D eigenvalue weighted by Gasteiger charge is -2.03. The largest absolute Gasteiger partial charge is 0.478 e. The minimum absolute atomic E-state index is 0.168. The van der Waals surface area contributed by atoms with E-state index in [0.29, 0.717) is 16.9 Å². The molecule has 3 aromatic rings. The molecule has 0 aromatic heterocycles. The molecule has 0 spiro atoms. The molecule has 1 heterocycles. The molecule has 0 fully saturated rings. The Hall–Kier alpha value is -3.40. The number of carbonyl (C=O) groups is 2. The maximum atomic E-state index is 12.5. The van der Waals surface area contributed by atoms with Gasteiger partial charge in [-0.15, -0.1) is 0 Å². The average molecular weight is 316 g/mol. The molecule has 116 valence electrons. The Kier molecular flexibility index (Phi) is 3.17. The zero-order valence-electron chi connectivity index (χ0n) is 12.5. The van der Waals surface area contributed by atoms with Gasteiger partial charge in [-0.3, -0.25) is 4.79 Å². The van der Waals surface area contributed by atoms with Crippen molar-refractivity contribution in [3.63, 3.8) is 0 Å². The standard InChI is InChI=1S/C20H12O4/c21-18-16-10-9-13-3-1-2-4-15(13)19(16)24-17(18)11-12-5-7-14(8-6-12)20(22)23/h1-11H,(H,22,23)/b17-11-. The average Bonchev–Trinajstić information content (AvgIpc) is 2.92. The summed E-state index contributed by atoms with van der Waals surface area (Å²) in [6.07, 6.45) is 1.63. The normalized spacial score (nSPS) is 14.7. The van der Waals surface area contributed by atoms with Crippen LogP contribution in [0.25, 0.3) is 16.8 Å². The molecule has 1 aliphatic rings. The van der Waals surface area contributed by atoms with E-state index >= 15 is 0 Å². The van der Waals surface area contributed by atoms with Crippen molar-refractivity contribution in [3.8, 4) is 5.75 Å². The number of ether oxygens (including phenoxy) is 1. The topological polar surface area (TPSA) is 63.6 Å². The Bertz CT molecular complexity index is 1010. The zero-order chi connectivity index (χ0) is 16.7. The number of benzene rings is 3. The quantitative estimate of drug-likeness (QED) is 0.721. The second-order valence-electron chi connectivity index (χ2n) is 5.53. The molecule has 0 aliphatic carbocycles. The van der Waals surface area contributed by atoms with Crippen LogP contribution in [0.3, 0.4) is 0 Å². The van der Waals surface area contributed by atoms with Crippen LogP contribution in [0.5, 0.6) is 5.75 Å². The van der Waals surface area contributed by atoms with Gasteiger partial charge in [0.05, 0.1) is 11.1 Å². The van der Waals surface area contributed by atoms with Gasteiger partial charge in [0.15, 0.2) is 5.76 Å². The predicted molar refractivity (Wildman–Crippen MR) is 90.3 cm³/mol. The molecule has 1 N–H and O–H groups in total. The summed E-state index contributed by atoms with van der Waals surface area (Å²) in [4.78, 5) is 23.4. The number of hydrogen-bond acceptors (Lipinski definition) is 3. The summed E-state index contributed by atoms with van der Waals surface area (Å²) in [5.41, 5.74) is 1.45. The highest BCUT2D eigenvalue weighted by atomic mass is 16.5. The van der Waals surface area contributed by atoms with E-state index in [4.69, 9.17) is 9.84 Å². The molecule has 1 aliphatic heterocycles. The fraction of sp³-hybridized carbons (Fsp3) is 0. The third kappa shape index (κ3) is 2.25. The molecule has 3 aromatic carbocycles. The monoisotopic (exact) mass is 316 g/mol. The lowest BCUT2D eigenvalue weighted by atomic mass is 10.0. The molecule has 0 saturated heterocycles. The second-order valence-corrected chi connectivity index (χ2v) is 5.53. The van der Waals surface area contributed by atoms with Crippen molar-refractivity contribution in [1.82, 2.24) is 0 Å². The first-order valence-electron chi connectivity index (χ1n) is 7.43. The third-order valence-corrected chi connectivity index (χ3v) is 4.02. The van der Waals surface area contributed by atoms with Crippen LogP contribution < -0.4 is 4.74 Å². The number of hydrogen-bond donors (Lipinski definition) is 1. The molecule has 4 heteroatoms. The van der Waals surface area contributed by atoms with Gasteiger partial charge in [-0.25, -0.2) is 4.79 Å². The lowest BCUT2D eigenvalue weighted by molar-refractivity contribution is 0.0696. The highest BCUT2D eigenvalue weighted by molar-refractivity contribution is 6.17. The maximum absolute atomic E-state index is 12.5. The predicted octanol–water partition coefficient (Wildman–Crippen LogP) is 4.15. The van der Waals surface area contributed by atoms with Crippen LogP contribution >= 0.6 is 0 Å². The molecule has 0 amide bonds. The van der Waals surface area contributed by atoms with E-state index in [1.54, 1.807) is 24.3 Å². The molecular weight excluding hydrogens is 304 g/mol. The van der Waals surface area contributed by atoms with Gasteiger partial charge in [0.2, 0.25) is 5.78 Å². The number of allylic oxidation sites excluding steroid dienone is 1. The first-order valence-corrected chi connectivity index (χ1v) is 7.43. The van der Waals surface area contributed by atoms with Gasteiger partial charge in [0.25, 0.3) is 0 Å². The zero-order valence-corrected chi connectivity index (χ0v) is 12.5. The first-order chi connectivity index (χ1) is 11.6. The number of Topliss-reactive ketones (excluding diaryl/α,β-unsaturated/α-hetero) is 1. The highest BCUT2D eigenvalue weighted by Crippen LogP contribution is 2.38. The number of carbonyl (C=O) groups excluding carboxylic acids is 1. The smallest absolute Gasteiger partial charge is 0.335 e. The van der Waals surface area contributed by atoms with Crippen molar-refractivity contribution in [2.75, 3.05) is 0 Å². The SMILES string of the molecule is O=C(O)c1ccc(/C=C2\Oc3c(ccc4ccccc34)C2=O)cc1.